The first-order chi connectivity index (χ1) is 5.84. The molecular formula is C9H10ClNS. The number of halogens is 1. The summed E-state index contributed by atoms with van der Waals surface area (Å²) in [6, 6.07) is 1.93. The Hall–Kier alpha value is -0.490. The maximum atomic E-state index is 5.84. The van der Waals surface area contributed by atoms with Gasteiger partial charge in [0, 0.05) is 6.42 Å². The number of hydrogen-bond donors (Lipinski definition) is 1. The first-order valence-electron chi connectivity index (χ1n) is 3.76. The third-order valence-electron chi connectivity index (χ3n) is 1.35. The summed E-state index contributed by atoms with van der Waals surface area (Å²) in [7, 11) is 0. The van der Waals surface area contributed by atoms with E-state index in [4.69, 9.17) is 17.3 Å². The maximum absolute atomic E-state index is 5.84. The molecule has 1 aromatic rings. The summed E-state index contributed by atoms with van der Waals surface area (Å²) in [5.74, 6) is 6.02. The zero-order chi connectivity index (χ0) is 8.81. The first-order valence-corrected chi connectivity index (χ1v) is 5.02. The quantitative estimate of drug-likeness (QED) is 0.575. The van der Waals surface area contributed by atoms with Crippen molar-refractivity contribution in [1.29, 1.82) is 0 Å². The third kappa shape index (κ3) is 2.86. The van der Waals surface area contributed by atoms with Gasteiger partial charge in [-0.3, -0.25) is 0 Å². The van der Waals surface area contributed by atoms with Crippen molar-refractivity contribution in [3.05, 3.63) is 21.3 Å². The van der Waals surface area contributed by atoms with Gasteiger partial charge in [0.05, 0.1) is 5.56 Å². The van der Waals surface area contributed by atoms with Gasteiger partial charge in [-0.25, -0.2) is 0 Å². The molecule has 0 aromatic carbocycles. The van der Waals surface area contributed by atoms with E-state index in [1.165, 1.54) is 11.3 Å². The minimum Gasteiger partial charge on any atom is -0.330 e. The summed E-state index contributed by atoms with van der Waals surface area (Å²) >= 11 is 7.35. The van der Waals surface area contributed by atoms with Crippen molar-refractivity contribution < 1.29 is 0 Å². The minimum absolute atomic E-state index is 0.700. The highest BCUT2D eigenvalue weighted by molar-refractivity contribution is 7.14. The monoisotopic (exact) mass is 199 g/mol. The van der Waals surface area contributed by atoms with E-state index in [-0.39, 0.29) is 0 Å². The van der Waals surface area contributed by atoms with E-state index in [1.807, 2.05) is 11.4 Å². The molecule has 1 heterocycles. The van der Waals surface area contributed by atoms with Crippen LogP contribution in [0.15, 0.2) is 11.4 Å². The molecule has 12 heavy (non-hydrogen) atoms. The third-order valence-corrected chi connectivity index (χ3v) is 2.52. The van der Waals surface area contributed by atoms with E-state index in [1.54, 1.807) is 0 Å². The molecule has 0 atom stereocenters. The average molecular weight is 200 g/mol. The van der Waals surface area contributed by atoms with Crippen molar-refractivity contribution in [3.8, 4) is 11.8 Å². The SMILES string of the molecule is NCCCC#Cc1ccsc1Cl. The maximum Gasteiger partial charge on any atom is 0.108 e. The highest BCUT2D eigenvalue weighted by Gasteiger charge is 1.94. The summed E-state index contributed by atoms with van der Waals surface area (Å²) in [4.78, 5) is 0. The zero-order valence-electron chi connectivity index (χ0n) is 6.64. The number of nitrogens with two attached hydrogens (primary N) is 1. The molecule has 0 saturated carbocycles. The van der Waals surface area contributed by atoms with Crippen molar-refractivity contribution in [3.63, 3.8) is 0 Å². The van der Waals surface area contributed by atoms with Gasteiger partial charge in [0.2, 0.25) is 0 Å². The molecule has 0 amide bonds. The van der Waals surface area contributed by atoms with Gasteiger partial charge < -0.3 is 5.73 Å². The fourth-order valence-electron chi connectivity index (χ4n) is 0.730. The lowest BCUT2D eigenvalue weighted by Gasteiger charge is -1.84. The smallest absolute Gasteiger partial charge is 0.108 e. The van der Waals surface area contributed by atoms with E-state index in [0.29, 0.717) is 6.54 Å². The lowest BCUT2D eigenvalue weighted by molar-refractivity contribution is 0.870. The first kappa shape index (κ1) is 9.60. The normalized spacial score (nSPS) is 9.17. The van der Waals surface area contributed by atoms with Crippen LogP contribution in [0.25, 0.3) is 0 Å². The van der Waals surface area contributed by atoms with Crippen LogP contribution in [-0.2, 0) is 0 Å². The molecule has 1 aromatic heterocycles. The highest BCUT2D eigenvalue weighted by atomic mass is 35.5. The molecule has 1 rings (SSSR count). The molecule has 0 spiro atoms. The molecule has 3 heteroatoms. The Morgan fingerprint density at radius 2 is 2.42 bits per heavy atom. The molecule has 0 saturated heterocycles. The fraction of sp³-hybridized carbons (Fsp3) is 0.333. The molecular weight excluding hydrogens is 190 g/mol. The predicted molar refractivity (Wildman–Crippen MR) is 54.5 cm³/mol. The van der Waals surface area contributed by atoms with Gasteiger partial charge in [0.25, 0.3) is 0 Å². The second kappa shape index (κ2) is 5.21. The van der Waals surface area contributed by atoms with Gasteiger partial charge in [-0.05, 0) is 24.4 Å². The molecule has 2 N–H and O–H groups in total. The Labute approximate surface area is 81.5 Å². The topological polar surface area (TPSA) is 26.0 Å². The second-order valence-corrected chi connectivity index (χ2v) is 3.82. The Balaban J connectivity index is 2.49. The van der Waals surface area contributed by atoms with Gasteiger partial charge in [-0.15, -0.1) is 11.3 Å². The van der Waals surface area contributed by atoms with Crippen LogP contribution in [0, 0.1) is 11.8 Å². The van der Waals surface area contributed by atoms with Crippen LogP contribution in [0.1, 0.15) is 18.4 Å². The number of thiophene rings is 1. The van der Waals surface area contributed by atoms with Gasteiger partial charge in [-0.2, -0.15) is 0 Å². The number of unbranched alkanes of at least 4 members (excludes halogenated alkanes) is 1. The van der Waals surface area contributed by atoms with Gasteiger partial charge in [0.15, 0.2) is 0 Å². The van der Waals surface area contributed by atoms with Crippen molar-refractivity contribution >= 4 is 22.9 Å². The van der Waals surface area contributed by atoms with Gasteiger partial charge in [0.1, 0.15) is 4.34 Å². The van der Waals surface area contributed by atoms with E-state index in [2.05, 4.69) is 11.8 Å². The largest absolute Gasteiger partial charge is 0.330 e. The van der Waals surface area contributed by atoms with E-state index in [9.17, 15) is 0 Å². The zero-order valence-corrected chi connectivity index (χ0v) is 8.21. The molecule has 64 valence electrons. The Morgan fingerprint density at radius 1 is 1.58 bits per heavy atom. The molecule has 1 nitrogen and oxygen atoms in total. The summed E-state index contributed by atoms with van der Waals surface area (Å²) in [5.41, 5.74) is 6.26. The molecule has 0 aliphatic heterocycles. The van der Waals surface area contributed by atoms with Crippen LogP contribution < -0.4 is 5.73 Å². The summed E-state index contributed by atoms with van der Waals surface area (Å²) in [6.07, 6.45) is 1.80. The summed E-state index contributed by atoms with van der Waals surface area (Å²) in [6.45, 7) is 0.700. The second-order valence-electron chi connectivity index (χ2n) is 2.30. The van der Waals surface area contributed by atoms with E-state index < -0.39 is 0 Å². The summed E-state index contributed by atoms with van der Waals surface area (Å²) < 4.78 is 0.773. The van der Waals surface area contributed by atoms with Crippen LogP contribution >= 0.6 is 22.9 Å². The van der Waals surface area contributed by atoms with Crippen molar-refractivity contribution in [1.82, 2.24) is 0 Å². The van der Waals surface area contributed by atoms with Crippen LogP contribution in [0.4, 0.5) is 0 Å². The number of hydrogen-bond acceptors (Lipinski definition) is 2. The van der Waals surface area contributed by atoms with E-state index >= 15 is 0 Å². The van der Waals surface area contributed by atoms with Crippen LogP contribution in [-0.4, -0.2) is 6.54 Å². The average Bonchev–Trinajstić information content (AvgIpc) is 2.46. The van der Waals surface area contributed by atoms with Crippen LogP contribution in [0.5, 0.6) is 0 Å². The fourth-order valence-corrected chi connectivity index (χ4v) is 1.56. The lowest BCUT2D eigenvalue weighted by atomic mass is 10.3. The van der Waals surface area contributed by atoms with E-state index in [0.717, 1.165) is 22.7 Å². The summed E-state index contributed by atoms with van der Waals surface area (Å²) in [5, 5.41) is 1.94. The van der Waals surface area contributed by atoms with Crippen LogP contribution in [0.2, 0.25) is 4.34 Å². The molecule has 0 bridgehead atoms. The highest BCUT2D eigenvalue weighted by Crippen LogP contribution is 2.21. The molecule has 0 fully saturated rings. The van der Waals surface area contributed by atoms with Crippen molar-refractivity contribution in [2.75, 3.05) is 6.54 Å². The molecule has 0 unspecified atom stereocenters. The lowest BCUT2D eigenvalue weighted by Crippen LogP contribution is -1.96. The Bertz CT molecular complexity index is 295. The van der Waals surface area contributed by atoms with Crippen LogP contribution in [0.3, 0.4) is 0 Å². The Kier molecular flexibility index (Phi) is 4.16. The van der Waals surface area contributed by atoms with Gasteiger partial charge >= 0.3 is 0 Å². The standard InChI is InChI=1S/C9H10ClNS/c10-9-8(5-7-12-9)4-2-1-3-6-11/h5,7H,1,3,6,11H2. The Morgan fingerprint density at radius 3 is 3.00 bits per heavy atom. The molecule has 0 radical (unpaired) electrons. The minimum atomic E-state index is 0.700. The number of rotatable bonds is 2. The van der Waals surface area contributed by atoms with Crippen molar-refractivity contribution in [2.24, 2.45) is 5.73 Å². The molecule has 0 aliphatic carbocycles. The van der Waals surface area contributed by atoms with Crippen molar-refractivity contribution in [2.45, 2.75) is 12.8 Å². The van der Waals surface area contributed by atoms with Gasteiger partial charge in [-0.1, -0.05) is 23.4 Å². The molecule has 0 aliphatic rings. The predicted octanol–water partition coefficient (Wildman–Crippen LogP) is 2.49.